The highest BCUT2D eigenvalue weighted by Crippen LogP contribution is 2.40. The van der Waals surface area contributed by atoms with Gasteiger partial charge in [0.1, 0.15) is 11.9 Å². The van der Waals surface area contributed by atoms with Gasteiger partial charge in [-0.05, 0) is 165 Å². The fraction of sp³-hybridized carbons (Fsp3) is 0.304. The molecule has 0 spiro atoms. The molecule has 9 aromatic rings. The van der Waals surface area contributed by atoms with Crippen molar-refractivity contribution in [2.24, 2.45) is 0 Å². The van der Waals surface area contributed by atoms with Gasteiger partial charge in [-0.25, -0.2) is 44.6 Å². The van der Waals surface area contributed by atoms with E-state index in [0.29, 0.717) is 112 Å². The Morgan fingerprint density at radius 3 is 1.45 bits per heavy atom. The molecule has 23 nitrogen and oxygen atoms in total. The highest BCUT2D eigenvalue weighted by atomic mass is 35.5. The molecule has 33 heteroatoms. The Labute approximate surface area is 622 Å². The first-order valence-corrected chi connectivity index (χ1v) is 40.8. The van der Waals surface area contributed by atoms with Crippen molar-refractivity contribution in [1.82, 2.24) is 24.8 Å². The molecule has 0 aliphatic carbocycles. The number of halogens is 4. The van der Waals surface area contributed by atoms with Crippen LogP contribution in [0, 0.1) is 12.7 Å². The van der Waals surface area contributed by atoms with Gasteiger partial charge < -0.3 is 29.2 Å². The van der Waals surface area contributed by atoms with Crippen LogP contribution in [-0.4, -0.2) is 158 Å². The number of hydrogen-bond donors (Lipinski definition) is 3. The second-order valence-electron chi connectivity index (χ2n) is 25.0. The summed E-state index contributed by atoms with van der Waals surface area (Å²) in [5, 5.41) is 7.72. The van der Waals surface area contributed by atoms with E-state index in [1.807, 2.05) is 47.4 Å². The largest absolute Gasteiger partial charge is 0.378 e. The minimum Gasteiger partial charge on any atom is -0.378 e. The van der Waals surface area contributed by atoms with Gasteiger partial charge in [0, 0.05) is 131 Å². The lowest BCUT2D eigenvalue weighted by atomic mass is 9.88. The number of anilines is 8. The lowest BCUT2D eigenvalue weighted by Crippen LogP contribution is -2.58. The first-order chi connectivity index (χ1) is 48.9. The summed E-state index contributed by atoms with van der Waals surface area (Å²) in [5.74, 6) is -0.274. The molecule has 15 rings (SSSR count). The molecule has 0 radical (unpaired) electrons. The number of nitrogens with zero attached hydrogens (tertiary/aromatic N) is 10. The van der Waals surface area contributed by atoms with Crippen molar-refractivity contribution < 1.29 is 53.0 Å². The van der Waals surface area contributed by atoms with Crippen molar-refractivity contribution in [3.8, 4) is 0 Å². The van der Waals surface area contributed by atoms with Gasteiger partial charge >= 0.3 is 0 Å². The number of aryl methyl sites for hydroxylation is 1. The number of thiazole rings is 3. The minimum absolute atomic E-state index is 0. The van der Waals surface area contributed by atoms with Gasteiger partial charge in [-0.2, -0.15) is 0 Å². The van der Waals surface area contributed by atoms with E-state index in [1.165, 1.54) is 95.1 Å². The van der Waals surface area contributed by atoms with E-state index in [-0.39, 0.29) is 60.6 Å². The summed E-state index contributed by atoms with van der Waals surface area (Å²) in [6.07, 6.45) is 7.42. The van der Waals surface area contributed by atoms with Crippen molar-refractivity contribution >= 4 is 160 Å². The number of carbonyl (C=O) groups excluding carboxylic acids is 3. The molecule has 0 saturated carbocycles. The number of sulfonamides is 3. The molecule has 3 aromatic heterocycles. The number of amides is 3. The first kappa shape index (κ1) is 72.5. The Hall–Kier alpha value is -7.85. The second-order valence-corrected chi connectivity index (χ2v) is 34.0. The van der Waals surface area contributed by atoms with Crippen molar-refractivity contribution in [1.29, 1.82) is 0 Å². The van der Waals surface area contributed by atoms with E-state index in [4.69, 9.17) is 39.5 Å². The van der Waals surface area contributed by atoms with Gasteiger partial charge in [0.05, 0.1) is 55.6 Å². The number of rotatable bonds is 17. The smallest absolute Gasteiger partial charge is 0.263 e. The third-order valence-corrected chi connectivity index (χ3v) is 26.4. The summed E-state index contributed by atoms with van der Waals surface area (Å²) in [4.78, 5) is 66.0. The van der Waals surface area contributed by atoms with Crippen molar-refractivity contribution in [2.75, 3.05) is 111 Å². The molecule has 4 atom stereocenters. The fourth-order valence-electron chi connectivity index (χ4n) is 13.6. The fourth-order valence-corrected chi connectivity index (χ4v) is 19.4. The SMILES string of the molecule is CC1(c2ccc(Cl)cc2)COCCN1[C@H]1CCN(c2ccc(S(=O)(=O)Nc3nccs3)cc2)C1=O.Cc1cc2c(cc1F)N([C@H]1CCN(c3ccc(S(=O)(=O)Nc4nccs4)cc3)C1=O)CC2.O=C1[C@@H](N2CCN(c3ccc(Cl)c(Cl)c3)CC2)CCN1c1ccc(S(=O)(=O)Nc2nccs2)cc1.[HH].[HH].[HH]. The maximum atomic E-state index is 14.1. The molecule has 1 unspecified atom stereocenters. The molecule has 3 N–H and O–H groups in total. The van der Waals surface area contributed by atoms with Crippen LogP contribution in [0.2, 0.25) is 15.1 Å². The Morgan fingerprint density at radius 1 is 0.529 bits per heavy atom. The second kappa shape index (κ2) is 30.5. The lowest BCUT2D eigenvalue weighted by molar-refractivity contribution is -0.132. The number of nitrogens with one attached hydrogen (secondary N) is 3. The highest BCUT2D eigenvalue weighted by Gasteiger charge is 2.47. The summed E-state index contributed by atoms with van der Waals surface area (Å²) in [6, 6.07) is 34.9. The third-order valence-electron chi connectivity index (χ3n) is 18.9. The van der Waals surface area contributed by atoms with Crippen LogP contribution in [0.4, 0.5) is 48.2 Å². The molecule has 6 aromatic carbocycles. The standard InChI is InChI=1S/C24H25ClN4O4S2.C23H23Cl2N5O3S2.C22H21FN4O3S2.3H2/c1-24(17-2-4-18(25)5-3-17)16-33-14-13-29(24)21-10-12-28(22(21)30)19-6-8-20(9-7-19)35(31,32)27-23-26-11-15-34-23;24-19-6-3-17(15-20(19)25)28-10-12-29(13-11-28)21-7-9-30(22(21)31)16-1-4-18(5-2-16)35(32,33)27-23-26-8-14-34-23;1-14-12-15-6-9-27(20(15)13-18(14)23)19-7-10-26(21(19)28)16-2-4-17(5-3-16)32(29,30)25-22-24-8-11-31-22;;;/h2-9,11,15,21H,10,12-14,16H2,1H3,(H,26,27);1-6,8,14-15,21H,7,9-13H2,(H,26,27);2-5,8,11-13,19H,6-7,9-10H2,1H3,(H,24,25);3*1H/t21-,24?;21-;19-;;;/m000.../s1. The number of ether oxygens (including phenoxy) is 1. The Bertz CT molecular complexity index is 4880. The van der Waals surface area contributed by atoms with Crippen LogP contribution in [0.3, 0.4) is 0 Å². The average Bonchev–Trinajstić information content (AvgIpc) is 1.70. The number of aromatic nitrogens is 3. The average molecular weight is 1560 g/mol. The van der Waals surface area contributed by atoms with Crippen molar-refractivity contribution in [2.45, 2.75) is 77.9 Å². The molecular formula is C69H75Cl3FN13O10S6. The summed E-state index contributed by atoms with van der Waals surface area (Å²) >= 11 is 21.9. The van der Waals surface area contributed by atoms with Crippen molar-refractivity contribution in [3.05, 3.63) is 200 Å². The molecule has 9 heterocycles. The molecule has 3 amide bonds. The number of fused-ring (bicyclic) bond motifs is 1. The molecule has 6 aliphatic rings. The number of hydrogen-bond acceptors (Lipinski definition) is 20. The monoisotopic (exact) mass is 1560 g/mol. The van der Waals surface area contributed by atoms with Crippen LogP contribution < -0.4 is 38.7 Å². The normalized spacial score (nSPS) is 20.5. The van der Waals surface area contributed by atoms with Crippen LogP contribution in [0.25, 0.3) is 0 Å². The maximum absolute atomic E-state index is 14.1. The van der Waals surface area contributed by atoms with Crippen LogP contribution >= 0.6 is 68.8 Å². The predicted octanol–water partition coefficient (Wildman–Crippen LogP) is 12.4. The molecule has 6 aliphatic heterocycles. The Kier molecular flexibility index (Phi) is 21.7. The van der Waals surface area contributed by atoms with E-state index in [2.05, 4.69) is 50.7 Å². The summed E-state index contributed by atoms with van der Waals surface area (Å²) in [6.45, 7) is 11.0. The molecule has 5 fully saturated rings. The third kappa shape index (κ3) is 15.7. The number of carbonyl (C=O) groups is 3. The van der Waals surface area contributed by atoms with Gasteiger partial charge in [-0.1, -0.05) is 53.0 Å². The van der Waals surface area contributed by atoms with E-state index in [0.717, 1.165) is 61.5 Å². The van der Waals surface area contributed by atoms with Crippen LogP contribution in [-0.2, 0) is 61.2 Å². The Morgan fingerprint density at radius 2 is 0.980 bits per heavy atom. The maximum Gasteiger partial charge on any atom is 0.263 e. The van der Waals surface area contributed by atoms with Crippen LogP contribution in [0.1, 0.15) is 47.2 Å². The number of piperazine rings is 1. The zero-order chi connectivity index (χ0) is 71.7. The molecule has 0 bridgehead atoms. The summed E-state index contributed by atoms with van der Waals surface area (Å²) < 4.78 is 103. The van der Waals surface area contributed by atoms with E-state index < -0.39 is 35.6 Å². The van der Waals surface area contributed by atoms with Gasteiger partial charge in [0.15, 0.2) is 15.4 Å². The van der Waals surface area contributed by atoms with Gasteiger partial charge in [0.25, 0.3) is 30.1 Å². The summed E-state index contributed by atoms with van der Waals surface area (Å²) in [7, 11) is -11.2. The minimum atomic E-state index is -3.75. The zero-order valence-corrected chi connectivity index (χ0v) is 62.1. The van der Waals surface area contributed by atoms with E-state index >= 15 is 0 Å². The first-order valence-electron chi connectivity index (χ1n) is 32.5. The van der Waals surface area contributed by atoms with Crippen LogP contribution in [0.5, 0.6) is 0 Å². The van der Waals surface area contributed by atoms with Crippen LogP contribution in [0.15, 0.2) is 177 Å². The number of morpholine rings is 1. The highest BCUT2D eigenvalue weighted by molar-refractivity contribution is 7.93. The predicted molar refractivity (Wildman–Crippen MR) is 405 cm³/mol. The topological polar surface area (TPSA) is 260 Å². The molecule has 540 valence electrons. The van der Waals surface area contributed by atoms with Gasteiger partial charge in [0.2, 0.25) is 17.7 Å². The summed E-state index contributed by atoms with van der Waals surface area (Å²) in [5.41, 5.74) is 6.10. The number of benzene rings is 6. The Balaban J connectivity index is 0.000000167. The van der Waals surface area contributed by atoms with Gasteiger partial charge in [-0.15, -0.1) is 34.0 Å². The quantitative estimate of drug-likeness (QED) is 0.0765. The molecule has 102 heavy (non-hydrogen) atoms. The zero-order valence-electron chi connectivity index (χ0n) is 54.9. The molecule has 5 saturated heterocycles. The van der Waals surface area contributed by atoms with Crippen molar-refractivity contribution in [3.63, 3.8) is 0 Å². The van der Waals surface area contributed by atoms with E-state index in [1.54, 1.807) is 80.2 Å². The lowest BCUT2D eigenvalue weighted by Gasteiger charge is -2.47. The van der Waals surface area contributed by atoms with E-state index in [9.17, 15) is 44.0 Å². The molecular weight excluding hydrogens is 1490 g/mol. The van der Waals surface area contributed by atoms with Gasteiger partial charge in [-0.3, -0.25) is 38.3 Å².